The first-order valence-electron chi connectivity index (χ1n) is 5.08. The van der Waals surface area contributed by atoms with Crippen LogP contribution in [0.2, 0.25) is 0 Å². The van der Waals surface area contributed by atoms with E-state index in [-0.39, 0.29) is 16.8 Å². The normalized spacial score (nSPS) is 23.3. The van der Waals surface area contributed by atoms with Crippen LogP contribution in [0.4, 0.5) is 0 Å². The highest BCUT2D eigenvalue weighted by Crippen LogP contribution is 2.24. The van der Waals surface area contributed by atoms with Gasteiger partial charge in [-0.2, -0.15) is 11.8 Å². The minimum Gasteiger partial charge on any atom is -0.325 e. The molecule has 1 aliphatic heterocycles. The summed E-state index contributed by atoms with van der Waals surface area (Å²) in [7, 11) is 0. The Morgan fingerprint density at radius 1 is 1.64 bits per heavy atom. The lowest BCUT2D eigenvalue weighted by Crippen LogP contribution is -2.44. The molecule has 1 N–H and O–H groups in total. The summed E-state index contributed by atoms with van der Waals surface area (Å²) in [4.78, 5) is 13.6. The Kier molecular flexibility index (Phi) is 3.84. The lowest BCUT2D eigenvalue weighted by Gasteiger charge is -2.31. The van der Waals surface area contributed by atoms with Gasteiger partial charge in [0.05, 0.1) is 12.7 Å². The monoisotopic (exact) mass is 216 g/mol. The van der Waals surface area contributed by atoms with Crippen LogP contribution in [0.5, 0.6) is 0 Å². The van der Waals surface area contributed by atoms with Crippen molar-refractivity contribution >= 4 is 17.7 Å². The smallest absolute Gasteiger partial charge is 0.237 e. The lowest BCUT2D eigenvalue weighted by atomic mass is 10.2. The Hall–Kier alpha value is -0.220. The molecule has 0 aromatic rings. The minimum absolute atomic E-state index is 0.148. The van der Waals surface area contributed by atoms with Crippen molar-refractivity contribution in [2.75, 3.05) is 19.3 Å². The van der Waals surface area contributed by atoms with E-state index >= 15 is 0 Å². The first-order chi connectivity index (χ1) is 6.50. The zero-order valence-corrected chi connectivity index (χ0v) is 10.3. The van der Waals surface area contributed by atoms with E-state index in [4.69, 9.17) is 0 Å². The van der Waals surface area contributed by atoms with Crippen LogP contribution in [0.1, 0.15) is 27.2 Å². The van der Waals surface area contributed by atoms with E-state index in [1.165, 1.54) is 0 Å². The van der Waals surface area contributed by atoms with Gasteiger partial charge in [0.1, 0.15) is 0 Å². The van der Waals surface area contributed by atoms with Crippen molar-refractivity contribution in [1.29, 1.82) is 0 Å². The standard InChI is InChI=1S/C10H20N2OS/c1-5-8-11-6-9(13)12(8)7-10(2,3)14-4/h8,11H,5-7H2,1-4H3. The minimum atomic E-state index is 0.148. The van der Waals surface area contributed by atoms with Crippen LogP contribution in [-0.2, 0) is 4.79 Å². The number of nitrogens with one attached hydrogen (secondary N) is 1. The number of carbonyl (C=O) groups excluding carboxylic acids is 1. The Bertz CT molecular complexity index is 218. The summed E-state index contributed by atoms with van der Waals surface area (Å²) < 4.78 is 0.148. The molecule has 0 aromatic heterocycles. The van der Waals surface area contributed by atoms with Crippen molar-refractivity contribution in [3.63, 3.8) is 0 Å². The van der Waals surface area contributed by atoms with E-state index in [1.54, 1.807) is 11.8 Å². The fourth-order valence-electron chi connectivity index (χ4n) is 1.63. The molecule has 1 atom stereocenters. The molecule has 1 unspecified atom stereocenters. The molecule has 0 bridgehead atoms. The van der Waals surface area contributed by atoms with Gasteiger partial charge in [0.25, 0.3) is 0 Å². The predicted octanol–water partition coefficient (Wildman–Crippen LogP) is 1.30. The fraction of sp³-hybridized carbons (Fsp3) is 0.900. The van der Waals surface area contributed by atoms with Gasteiger partial charge in [-0.1, -0.05) is 6.92 Å². The predicted molar refractivity (Wildman–Crippen MR) is 61.4 cm³/mol. The number of hydrogen-bond acceptors (Lipinski definition) is 3. The van der Waals surface area contributed by atoms with E-state index in [9.17, 15) is 4.79 Å². The third-order valence-corrected chi connectivity index (χ3v) is 3.91. The summed E-state index contributed by atoms with van der Waals surface area (Å²) in [5.74, 6) is 0.235. The maximum absolute atomic E-state index is 11.6. The molecule has 14 heavy (non-hydrogen) atoms. The third kappa shape index (κ3) is 2.64. The second-order valence-corrected chi connectivity index (χ2v) is 5.80. The van der Waals surface area contributed by atoms with Gasteiger partial charge in [0.2, 0.25) is 5.91 Å². The average Bonchev–Trinajstić information content (AvgIpc) is 2.48. The molecule has 1 heterocycles. The molecule has 1 fully saturated rings. The van der Waals surface area contributed by atoms with Gasteiger partial charge in [-0.05, 0) is 26.5 Å². The zero-order valence-electron chi connectivity index (χ0n) is 9.46. The van der Waals surface area contributed by atoms with Gasteiger partial charge in [0.15, 0.2) is 0 Å². The fourth-order valence-corrected chi connectivity index (χ4v) is 1.90. The van der Waals surface area contributed by atoms with Crippen molar-refractivity contribution in [3.05, 3.63) is 0 Å². The highest BCUT2D eigenvalue weighted by molar-refractivity contribution is 7.99. The van der Waals surface area contributed by atoms with Gasteiger partial charge in [-0.3, -0.25) is 10.1 Å². The molecule has 1 amide bonds. The van der Waals surface area contributed by atoms with Crippen LogP contribution in [-0.4, -0.2) is 41.1 Å². The van der Waals surface area contributed by atoms with Crippen LogP contribution in [0.3, 0.4) is 0 Å². The molecule has 82 valence electrons. The molecule has 0 radical (unpaired) electrons. The molecule has 1 aliphatic rings. The molecule has 1 saturated heterocycles. The Balaban J connectivity index is 2.61. The second-order valence-electron chi connectivity index (χ2n) is 4.29. The number of rotatable bonds is 4. The highest BCUT2D eigenvalue weighted by atomic mass is 32.2. The van der Waals surface area contributed by atoms with Gasteiger partial charge >= 0.3 is 0 Å². The summed E-state index contributed by atoms with van der Waals surface area (Å²) in [6, 6.07) is 0. The van der Waals surface area contributed by atoms with Crippen LogP contribution < -0.4 is 5.32 Å². The molecular weight excluding hydrogens is 196 g/mol. The van der Waals surface area contributed by atoms with E-state index in [0.29, 0.717) is 6.54 Å². The number of carbonyl (C=O) groups is 1. The molecule has 4 heteroatoms. The van der Waals surface area contributed by atoms with E-state index in [1.807, 2.05) is 4.90 Å². The SMILES string of the molecule is CCC1NCC(=O)N1CC(C)(C)SC. The van der Waals surface area contributed by atoms with Gasteiger partial charge in [-0.15, -0.1) is 0 Å². The van der Waals surface area contributed by atoms with Crippen LogP contribution in [0.25, 0.3) is 0 Å². The van der Waals surface area contributed by atoms with Gasteiger partial charge in [0, 0.05) is 11.3 Å². The number of amides is 1. The molecule has 0 aliphatic carbocycles. The lowest BCUT2D eigenvalue weighted by molar-refractivity contribution is -0.128. The van der Waals surface area contributed by atoms with Crippen LogP contribution in [0.15, 0.2) is 0 Å². The number of thioether (sulfide) groups is 1. The highest BCUT2D eigenvalue weighted by Gasteiger charge is 2.33. The van der Waals surface area contributed by atoms with E-state index in [2.05, 4.69) is 32.3 Å². The Morgan fingerprint density at radius 3 is 2.79 bits per heavy atom. The summed E-state index contributed by atoms with van der Waals surface area (Å²) in [6.45, 7) is 7.79. The summed E-state index contributed by atoms with van der Waals surface area (Å²) in [5.41, 5.74) is 0. The molecule has 0 spiro atoms. The maximum atomic E-state index is 11.6. The van der Waals surface area contributed by atoms with Crippen LogP contribution in [0, 0.1) is 0 Å². The summed E-state index contributed by atoms with van der Waals surface area (Å²) in [6.07, 6.45) is 3.32. The first-order valence-corrected chi connectivity index (χ1v) is 6.30. The molecule has 3 nitrogen and oxygen atoms in total. The number of hydrogen-bond donors (Lipinski definition) is 1. The van der Waals surface area contributed by atoms with Crippen molar-refractivity contribution in [1.82, 2.24) is 10.2 Å². The van der Waals surface area contributed by atoms with Crippen molar-refractivity contribution in [2.24, 2.45) is 0 Å². The van der Waals surface area contributed by atoms with Crippen molar-refractivity contribution < 1.29 is 4.79 Å². The molecule has 0 saturated carbocycles. The first kappa shape index (κ1) is 11.9. The van der Waals surface area contributed by atoms with E-state index < -0.39 is 0 Å². The quantitative estimate of drug-likeness (QED) is 0.768. The summed E-state index contributed by atoms with van der Waals surface area (Å²) in [5, 5.41) is 3.22. The third-order valence-electron chi connectivity index (χ3n) is 2.68. The van der Waals surface area contributed by atoms with Gasteiger partial charge in [-0.25, -0.2) is 0 Å². The van der Waals surface area contributed by atoms with Crippen molar-refractivity contribution in [3.8, 4) is 0 Å². The maximum Gasteiger partial charge on any atom is 0.237 e. The number of nitrogens with zero attached hydrogens (tertiary/aromatic N) is 1. The van der Waals surface area contributed by atoms with E-state index in [0.717, 1.165) is 13.0 Å². The zero-order chi connectivity index (χ0) is 10.8. The second kappa shape index (κ2) is 4.53. The molecule has 0 aromatic carbocycles. The molecule has 1 rings (SSSR count). The van der Waals surface area contributed by atoms with Crippen LogP contribution >= 0.6 is 11.8 Å². The van der Waals surface area contributed by atoms with Gasteiger partial charge < -0.3 is 4.90 Å². The Labute approximate surface area is 90.6 Å². The topological polar surface area (TPSA) is 32.3 Å². The Morgan fingerprint density at radius 2 is 2.29 bits per heavy atom. The van der Waals surface area contributed by atoms with Crippen molar-refractivity contribution in [2.45, 2.75) is 38.1 Å². The largest absolute Gasteiger partial charge is 0.325 e. The summed E-state index contributed by atoms with van der Waals surface area (Å²) >= 11 is 1.81. The molecular formula is C10H20N2OS. The average molecular weight is 216 g/mol.